The summed E-state index contributed by atoms with van der Waals surface area (Å²) in [6.45, 7) is 0.267. The highest BCUT2D eigenvalue weighted by Crippen LogP contribution is 2.31. The minimum Gasteiger partial charge on any atom is -0.475 e. The fourth-order valence-electron chi connectivity index (χ4n) is 2.47. The smallest absolute Gasteiger partial charge is 0.475 e. The van der Waals surface area contributed by atoms with E-state index in [-0.39, 0.29) is 12.6 Å². The average Bonchev–Trinajstić information content (AvgIpc) is 3.23. The number of rotatable bonds is 5. The van der Waals surface area contributed by atoms with Crippen LogP contribution in [0, 0.1) is 11.3 Å². The van der Waals surface area contributed by atoms with Gasteiger partial charge >= 0.3 is 18.2 Å². The number of benzene rings is 1. The van der Waals surface area contributed by atoms with Crippen LogP contribution in [0.3, 0.4) is 0 Å². The molecular formula is C21H14F3N5O3S. The number of fused-ring (bicyclic) bond motifs is 1. The monoisotopic (exact) mass is 473 g/mol. The molecule has 0 aliphatic carbocycles. The molecule has 168 valence electrons. The summed E-state index contributed by atoms with van der Waals surface area (Å²) in [7, 11) is 0. The predicted molar refractivity (Wildman–Crippen MR) is 111 cm³/mol. The van der Waals surface area contributed by atoms with Crippen molar-refractivity contribution in [1.29, 1.82) is 5.26 Å². The Bertz CT molecular complexity index is 1240. The van der Waals surface area contributed by atoms with Crippen LogP contribution in [0.25, 0.3) is 10.2 Å². The molecule has 4 rings (SSSR count). The van der Waals surface area contributed by atoms with Crippen molar-refractivity contribution in [3.63, 3.8) is 0 Å². The lowest BCUT2D eigenvalue weighted by Gasteiger charge is -2.08. The quantitative estimate of drug-likeness (QED) is 0.454. The Balaban J connectivity index is 0.000000383. The molecule has 1 aromatic carbocycles. The normalized spacial score (nSPS) is 11.7. The molecule has 1 N–H and O–H groups in total. The van der Waals surface area contributed by atoms with Crippen molar-refractivity contribution < 1.29 is 27.8 Å². The highest BCUT2D eigenvalue weighted by Gasteiger charge is 2.38. The predicted octanol–water partition coefficient (Wildman–Crippen LogP) is 4.35. The molecule has 3 aromatic heterocycles. The van der Waals surface area contributed by atoms with Gasteiger partial charge in [0, 0.05) is 12.4 Å². The van der Waals surface area contributed by atoms with Crippen LogP contribution < -0.4 is 4.74 Å². The van der Waals surface area contributed by atoms with Gasteiger partial charge in [0.25, 0.3) is 0 Å². The fraction of sp³-hybridized carbons (Fsp3) is 0.143. The third kappa shape index (κ3) is 6.44. The van der Waals surface area contributed by atoms with Gasteiger partial charge in [0.2, 0.25) is 0 Å². The van der Waals surface area contributed by atoms with Gasteiger partial charge in [0.15, 0.2) is 0 Å². The Kier molecular flexibility index (Phi) is 7.47. The van der Waals surface area contributed by atoms with Gasteiger partial charge in [0.1, 0.15) is 17.5 Å². The Morgan fingerprint density at radius 3 is 2.45 bits per heavy atom. The van der Waals surface area contributed by atoms with Crippen LogP contribution in [0.2, 0.25) is 0 Å². The van der Waals surface area contributed by atoms with Gasteiger partial charge in [-0.3, -0.25) is 4.98 Å². The average molecular weight is 473 g/mol. The lowest BCUT2D eigenvalue weighted by Crippen LogP contribution is -2.21. The molecule has 0 amide bonds. The largest absolute Gasteiger partial charge is 0.490 e. The van der Waals surface area contributed by atoms with Crippen molar-refractivity contribution in [3.8, 4) is 12.1 Å². The van der Waals surface area contributed by atoms with E-state index >= 15 is 0 Å². The van der Waals surface area contributed by atoms with Crippen molar-refractivity contribution >= 4 is 27.5 Å². The summed E-state index contributed by atoms with van der Waals surface area (Å²) in [5, 5.41) is 17.5. The number of nitriles is 1. The first kappa shape index (κ1) is 23.6. The lowest BCUT2D eigenvalue weighted by molar-refractivity contribution is -0.192. The van der Waals surface area contributed by atoms with E-state index in [1.54, 1.807) is 18.5 Å². The van der Waals surface area contributed by atoms with Gasteiger partial charge < -0.3 is 9.84 Å². The van der Waals surface area contributed by atoms with Crippen LogP contribution in [0.1, 0.15) is 22.3 Å². The van der Waals surface area contributed by atoms with E-state index in [1.165, 1.54) is 11.3 Å². The summed E-state index contributed by atoms with van der Waals surface area (Å²) in [4.78, 5) is 26.2. The van der Waals surface area contributed by atoms with Crippen LogP contribution in [-0.4, -0.2) is 37.2 Å². The molecule has 0 spiro atoms. The molecule has 12 heteroatoms. The molecule has 4 aromatic rings. The van der Waals surface area contributed by atoms with Crippen molar-refractivity contribution in [2.24, 2.45) is 0 Å². The molecule has 3 heterocycles. The summed E-state index contributed by atoms with van der Waals surface area (Å²) >= 11 is 1.50. The number of hydrogen-bond acceptors (Lipinski definition) is 8. The van der Waals surface area contributed by atoms with Gasteiger partial charge in [-0.1, -0.05) is 18.2 Å². The summed E-state index contributed by atoms with van der Waals surface area (Å²) < 4.78 is 38.4. The van der Waals surface area contributed by atoms with Gasteiger partial charge in [-0.2, -0.15) is 23.4 Å². The third-order valence-electron chi connectivity index (χ3n) is 3.96. The molecule has 0 aliphatic rings. The maximum atomic E-state index is 10.6. The molecule has 0 bridgehead atoms. The molecule has 8 nitrogen and oxygen atoms in total. The van der Waals surface area contributed by atoms with Crippen LogP contribution >= 0.6 is 11.3 Å². The maximum absolute atomic E-state index is 10.6. The van der Waals surface area contributed by atoms with E-state index in [0.717, 1.165) is 15.9 Å². The minimum absolute atomic E-state index is 0.217. The van der Waals surface area contributed by atoms with Gasteiger partial charge in [-0.05, 0) is 30.3 Å². The number of aliphatic carboxylic acids is 1. The van der Waals surface area contributed by atoms with E-state index in [2.05, 4.69) is 26.0 Å². The number of halogens is 3. The molecule has 0 saturated heterocycles. The minimum atomic E-state index is -5.08. The first-order valence-corrected chi connectivity index (χ1v) is 10.0. The summed E-state index contributed by atoms with van der Waals surface area (Å²) in [6, 6.07) is 17.6. The van der Waals surface area contributed by atoms with Crippen molar-refractivity contribution in [1.82, 2.24) is 19.9 Å². The van der Waals surface area contributed by atoms with Crippen LogP contribution in [0.15, 0.2) is 60.9 Å². The van der Waals surface area contributed by atoms with E-state index in [9.17, 15) is 18.4 Å². The molecule has 1 unspecified atom stereocenters. The second-order valence-electron chi connectivity index (χ2n) is 6.26. The number of pyridine rings is 1. The van der Waals surface area contributed by atoms with Crippen molar-refractivity contribution in [2.45, 2.75) is 18.7 Å². The van der Waals surface area contributed by atoms with Gasteiger partial charge in [-0.25, -0.2) is 14.8 Å². The van der Waals surface area contributed by atoms with Crippen LogP contribution in [0.4, 0.5) is 13.2 Å². The highest BCUT2D eigenvalue weighted by molar-refractivity contribution is 7.18. The Hall–Kier alpha value is -4.11. The van der Waals surface area contributed by atoms with Crippen LogP contribution in [0.5, 0.6) is 6.01 Å². The zero-order valence-electron chi connectivity index (χ0n) is 16.6. The number of alkyl halides is 3. The topological polar surface area (TPSA) is 122 Å². The number of thiazole rings is 1. The molecule has 0 aliphatic heterocycles. The molecule has 0 fully saturated rings. The van der Waals surface area contributed by atoms with Crippen LogP contribution in [-0.2, 0) is 11.4 Å². The first-order chi connectivity index (χ1) is 15.8. The summed E-state index contributed by atoms with van der Waals surface area (Å²) in [6.07, 6.45) is -1.79. The lowest BCUT2D eigenvalue weighted by atomic mass is 10.1. The van der Waals surface area contributed by atoms with E-state index in [4.69, 9.17) is 14.6 Å². The van der Waals surface area contributed by atoms with Gasteiger partial charge in [0.05, 0.1) is 27.7 Å². The number of hydrogen-bond donors (Lipinski definition) is 1. The second kappa shape index (κ2) is 10.5. The zero-order valence-corrected chi connectivity index (χ0v) is 17.4. The first-order valence-electron chi connectivity index (χ1n) is 9.18. The van der Waals surface area contributed by atoms with Gasteiger partial charge in [-0.15, -0.1) is 11.3 Å². The number of carboxylic acid groups (broad SMARTS) is 1. The Morgan fingerprint density at radius 1 is 1.09 bits per heavy atom. The highest BCUT2D eigenvalue weighted by atomic mass is 32.1. The number of para-hydroxylation sites is 1. The summed E-state index contributed by atoms with van der Waals surface area (Å²) in [5.74, 6) is -3.32. The number of aromatic nitrogens is 4. The molecule has 0 saturated carbocycles. The maximum Gasteiger partial charge on any atom is 0.490 e. The molecular weight excluding hydrogens is 459 g/mol. The van der Waals surface area contributed by atoms with E-state index in [1.807, 2.05) is 42.5 Å². The molecule has 33 heavy (non-hydrogen) atoms. The zero-order chi connectivity index (χ0) is 23.8. The third-order valence-corrected chi connectivity index (χ3v) is 5.06. The van der Waals surface area contributed by atoms with E-state index in [0.29, 0.717) is 10.7 Å². The molecule has 1 atom stereocenters. The number of nitrogens with zero attached hydrogens (tertiary/aromatic N) is 5. The second-order valence-corrected chi connectivity index (χ2v) is 7.32. The van der Waals surface area contributed by atoms with Crippen molar-refractivity contribution in [3.05, 3.63) is 77.3 Å². The SMILES string of the molecule is N#CC(c1ccnc(OCc2ccccn2)n1)c1nc2ccccc2s1.O=C(O)C(F)(F)F. The summed E-state index contributed by atoms with van der Waals surface area (Å²) in [5.41, 5.74) is 2.23. The standard InChI is InChI=1S/C19H13N5OS.C2HF3O2/c20-11-14(18-23-16-6-1-2-7-17(16)26-18)15-8-10-22-19(24-15)25-12-13-5-3-4-9-21-13;3-2(4,5)1(6)7/h1-10,14H,12H2;(H,6,7). The van der Waals surface area contributed by atoms with E-state index < -0.39 is 18.1 Å². The number of carbonyl (C=O) groups is 1. The van der Waals surface area contributed by atoms with Crippen molar-refractivity contribution in [2.75, 3.05) is 0 Å². The Labute approximate surface area is 189 Å². The fourth-order valence-corrected chi connectivity index (χ4v) is 3.49. The Morgan fingerprint density at radius 2 is 1.82 bits per heavy atom. The number of carboxylic acids is 1. The number of ether oxygens (including phenoxy) is 1. The molecule has 0 radical (unpaired) electrons.